The van der Waals surface area contributed by atoms with Gasteiger partial charge in [-0.25, -0.2) is 0 Å². The molecule has 0 bridgehead atoms. The first-order chi connectivity index (χ1) is 14.4. The Bertz CT molecular complexity index is 996. The van der Waals surface area contributed by atoms with Crippen molar-refractivity contribution in [3.63, 3.8) is 0 Å². The van der Waals surface area contributed by atoms with E-state index in [0.717, 1.165) is 13.0 Å². The summed E-state index contributed by atoms with van der Waals surface area (Å²) >= 11 is 0. The number of rotatable bonds is 4. The lowest BCUT2D eigenvalue weighted by molar-refractivity contribution is -0.384. The van der Waals surface area contributed by atoms with Gasteiger partial charge in [-0.05, 0) is 49.4 Å². The third-order valence-electron chi connectivity index (χ3n) is 6.21. The average molecular weight is 407 g/mol. The quantitative estimate of drug-likeness (QED) is 0.439. The van der Waals surface area contributed by atoms with Gasteiger partial charge in [0.1, 0.15) is 5.69 Å². The van der Waals surface area contributed by atoms with Gasteiger partial charge in [0, 0.05) is 43.7 Å². The van der Waals surface area contributed by atoms with E-state index in [-0.39, 0.29) is 23.3 Å². The number of nitro benzene ring substituents is 1. The zero-order valence-corrected chi connectivity index (χ0v) is 17.0. The number of carbonyl (C=O) groups excluding carboxylic acids is 2. The minimum Gasteiger partial charge on any atom is -0.366 e. The maximum absolute atomic E-state index is 13.1. The molecule has 0 N–H and O–H groups in total. The molecule has 4 rings (SSSR count). The first-order valence-corrected chi connectivity index (χ1v) is 10.3. The molecule has 7 nitrogen and oxygen atoms in total. The number of piperidine rings is 1. The van der Waals surface area contributed by atoms with Gasteiger partial charge in [0.15, 0.2) is 5.78 Å². The number of amides is 1. The summed E-state index contributed by atoms with van der Waals surface area (Å²) in [6.45, 7) is 3.97. The van der Waals surface area contributed by atoms with Crippen LogP contribution in [0.3, 0.4) is 0 Å². The molecule has 30 heavy (non-hydrogen) atoms. The zero-order valence-electron chi connectivity index (χ0n) is 17.0. The van der Waals surface area contributed by atoms with Crippen molar-refractivity contribution in [3.05, 3.63) is 69.3 Å². The van der Waals surface area contributed by atoms with Crippen LogP contribution in [-0.2, 0) is 17.8 Å². The number of ketones is 1. The molecule has 0 spiro atoms. The van der Waals surface area contributed by atoms with E-state index in [0.29, 0.717) is 43.7 Å². The molecule has 2 aromatic carbocycles. The number of hydrogen-bond acceptors (Lipinski definition) is 5. The van der Waals surface area contributed by atoms with Gasteiger partial charge in [0.2, 0.25) is 5.91 Å². The van der Waals surface area contributed by atoms with Gasteiger partial charge >= 0.3 is 0 Å². The Morgan fingerprint density at radius 1 is 1.03 bits per heavy atom. The van der Waals surface area contributed by atoms with Crippen LogP contribution in [0.25, 0.3) is 0 Å². The summed E-state index contributed by atoms with van der Waals surface area (Å²) in [5.41, 5.74) is 3.33. The van der Waals surface area contributed by atoms with E-state index in [4.69, 9.17) is 0 Å². The highest BCUT2D eigenvalue weighted by Crippen LogP contribution is 2.33. The molecule has 0 unspecified atom stereocenters. The number of carbonyl (C=O) groups is 2. The van der Waals surface area contributed by atoms with Crippen LogP contribution in [-0.4, -0.2) is 41.1 Å². The summed E-state index contributed by atoms with van der Waals surface area (Å²) < 4.78 is 0. The van der Waals surface area contributed by atoms with Crippen molar-refractivity contribution < 1.29 is 14.5 Å². The summed E-state index contributed by atoms with van der Waals surface area (Å²) in [5.74, 6) is -0.0651. The molecular weight excluding hydrogens is 382 g/mol. The molecule has 0 atom stereocenters. The third-order valence-corrected chi connectivity index (χ3v) is 6.21. The zero-order chi connectivity index (χ0) is 21.3. The van der Waals surface area contributed by atoms with Crippen molar-refractivity contribution in [3.8, 4) is 0 Å². The van der Waals surface area contributed by atoms with Crippen molar-refractivity contribution in [2.75, 3.05) is 24.5 Å². The maximum Gasteiger partial charge on any atom is 0.293 e. The van der Waals surface area contributed by atoms with E-state index in [9.17, 15) is 19.7 Å². The van der Waals surface area contributed by atoms with Crippen molar-refractivity contribution in [1.82, 2.24) is 4.90 Å². The Kier molecular flexibility index (Phi) is 5.53. The first-order valence-electron chi connectivity index (χ1n) is 10.3. The molecule has 2 heterocycles. The standard InChI is InChI=1S/C23H25N3O4/c1-16(27)19-6-7-21(22(14-19)26(29)30)24-11-9-18(10-12-24)23(28)25-13-8-17-4-2-3-5-20(17)15-25/h2-7,14,18H,8-13,15H2,1H3. The molecule has 1 fully saturated rings. The smallest absolute Gasteiger partial charge is 0.293 e. The lowest BCUT2D eigenvalue weighted by Gasteiger charge is -2.36. The molecule has 1 amide bonds. The second kappa shape index (κ2) is 8.26. The highest BCUT2D eigenvalue weighted by atomic mass is 16.6. The van der Waals surface area contributed by atoms with Crippen molar-refractivity contribution >= 4 is 23.1 Å². The van der Waals surface area contributed by atoms with E-state index >= 15 is 0 Å². The van der Waals surface area contributed by atoms with Gasteiger partial charge in [-0.3, -0.25) is 19.7 Å². The van der Waals surface area contributed by atoms with E-state index in [1.54, 1.807) is 12.1 Å². The normalized spacial score (nSPS) is 16.8. The number of benzene rings is 2. The van der Waals surface area contributed by atoms with Gasteiger partial charge in [0.25, 0.3) is 5.69 Å². The fraction of sp³-hybridized carbons (Fsp3) is 0.391. The Balaban J connectivity index is 1.42. The summed E-state index contributed by atoms with van der Waals surface area (Å²) in [5, 5.41) is 11.5. The predicted molar refractivity (Wildman–Crippen MR) is 114 cm³/mol. The molecule has 2 aliphatic heterocycles. The average Bonchev–Trinajstić information content (AvgIpc) is 2.78. The van der Waals surface area contributed by atoms with Crippen LogP contribution in [0.15, 0.2) is 42.5 Å². The molecule has 0 radical (unpaired) electrons. The second-order valence-corrected chi connectivity index (χ2v) is 8.06. The molecule has 7 heteroatoms. The molecule has 2 aliphatic rings. The van der Waals surface area contributed by atoms with Crippen LogP contribution in [0.4, 0.5) is 11.4 Å². The van der Waals surface area contributed by atoms with Gasteiger partial charge in [-0.2, -0.15) is 0 Å². The second-order valence-electron chi connectivity index (χ2n) is 8.06. The summed E-state index contributed by atoms with van der Waals surface area (Å²) in [6, 6.07) is 12.9. The van der Waals surface area contributed by atoms with Crippen molar-refractivity contribution in [1.29, 1.82) is 0 Å². The Hall–Kier alpha value is -3.22. The Labute approximate surface area is 175 Å². The topological polar surface area (TPSA) is 83.8 Å². The van der Waals surface area contributed by atoms with Crippen molar-refractivity contribution in [2.24, 2.45) is 5.92 Å². The molecule has 1 saturated heterocycles. The largest absolute Gasteiger partial charge is 0.366 e. The SMILES string of the molecule is CC(=O)c1ccc(N2CCC(C(=O)N3CCc4ccccc4C3)CC2)c([N+](=O)[O-])c1. The lowest BCUT2D eigenvalue weighted by Crippen LogP contribution is -2.44. The van der Waals surface area contributed by atoms with Gasteiger partial charge in [-0.1, -0.05) is 24.3 Å². The fourth-order valence-electron chi connectivity index (χ4n) is 4.47. The van der Waals surface area contributed by atoms with Gasteiger partial charge in [0.05, 0.1) is 4.92 Å². The molecule has 156 valence electrons. The Morgan fingerprint density at radius 3 is 2.40 bits per heavy atom. The summed E-state index contributed by atoms with van der Waals surface area (Å²) in [6.07, 6.45) is 2.22. The minimum absolute atomic E-state index is 0.0536. The van der Waals surface area contributed by atoms with Crippen molar-refractivity contribution in [2.45, 2.75) is 32.7 Å². The van der Waals surface area contributed by atoms with E-state index < -0.39 is 4.92 Å². The third kappa shape index (κ3) is 3.92. The molecule has 0 saturated carbocycles. The predicted octanol–water partition coefficient (Wildman–Crippen LogP) is 3.60. The Morgan fingerprint density at radius 2 is 1.73 bits per heavy atom. The molecular formula is C23H25N3O4. The molecule has 2 aromatic rings. The maximum atomic E-state index is 13.1. The number of nitrogens with zero attached hydrogens (tertiary/aromatic N) is 3. The van der Waals surface area contributed by atoms with Crippen LogP contribution in [0.5, 0.6) is 0 Å². The van der Waals surface area contributed by atoms with Crippen LogP contribution in [0.2, 0.25) is 0 Å². The number of hydrogen-bond donors (Lipinski definition) is 0. The monoisotopic (exact) mass is 407 g/mol. The molecule has 0 aliphatic carbocycles. The number of nitro groups is 1. The van der Waals surface area contributed by atoms with E-state index in [1.807, 2.05) is 21.9 Å². The summed E-state index contributed by atoms with van der Waals surface area (Å²) in [4.78, 5) is 39.6. The lowest BCUT2D eigenvalue weighted by atomic mass is 9.92. The van der Waals surface area contributed by atoms with Crippen LogP contribution < -0.4 is 4.90 Å². The van der Waals surface area contributed by atoms with E-state index in [1.165, 1.54) is 24.1 Å². The first kappa shape index (κ1) is 20.1. The van der Waals surface area contributed by atoms with Crippen LogP contribution >= 0.6 is 0 Å². The molecule has 0 aromatic heterocycles. The van der Waals surface area contributed by atoms with E-state index in [2.05, 4.69) is 12.1 Å². The number of fused-ring (bicyclic) bond motifs is 1. The van der Waals surface area contributed by atoms with Crippen LogP contribution in [0.1, 0.15) is 41.3 Å². The fourth-order valence-corrected chi connectivity index (χ4v) is 4.47. The number of Topliss-reactive ketones (excluding diaryl/α,β-unsaturated/α-hetero) is 1. The summed E-state index contributed by atoms with van der Waals surface area (Å²) in [7, 11) is 0. The highest BCUT2D eigenvalue weighted by Gasteiger charge is 2.32. The van der Waals surface area contributed by atoms with Gasteiger partial charge < -0.3 is 9.80 Å². The van der Waals surface area contributed by atoms with Gasteiger partial charge in [-0.15, -0.1) is 0 Å². The number of anilines is 1. The van der Waals surface area contributed by atoms with Crippen LogP contribution in [0, 0.1) is 16.0 Å². The highest BCUT2D eigenvalue weighted by molar-refractivity contribution is 5.95. The minimum atomic E-state index is -0.440.